The lowest BCUT2D eigenvalue weighted by Gasteiger charge is -2.22. The molecule has 2 aromatic rings. The minimum Gasteiger partial charge on any atom is -0.239 e. The van der Waals surface area contributed by atoms with Crippen LogP contribution in [0.25, 0.3) is 0 Å². The smallest absolute Gasteiger partial charge is 0.238 e. The topological polar surface area (TPSA) is 97.5 Å². The molecule has 0 radical (unpaired) electrons. The van der Waals surface area contributed by atoms with E-state index in [1.807, 2.05) is 6.92 Å². The van der Waals surface area contributed by atoms with Gasteiger partial charge in [-0.05, 0) is 43.3 Å². The molecule has 0 unspecified atom stereocenters. The second kappa shape index (κ2) is 5.71. The van der Waals surface area contributed by atoms with Gasteiger partial charge in [0.1, 0.15) is 0 Å². The Morgan fingerprint density at radius 3 is 1.59 bits per heavy atom. The van der Waals surface area contributed by atoms with Gasteiger partial charge in [0.05, 0.1) is 22.5 Å². The molecule has 0 atom stereocenters. The van der Waals surface area contributed by atoms with Crippen LogP contribution in [-0.4, -0.2) is 23.1 Å². The molecule has 0 bridgehead atoms. The molecule has 2 rings (SSSR count). The molecule has 6 nitrogen and oxygen atoms in total. The van der Waals surface area contributed by atoms with E-state index in [4.69, 9.17) is 5.14 Å². The van der Waals surface area contributed by atoms with Crippen LogP contribution in [0, 0.1) is 6.92 Å². The Balaban J connectivity index is 2.54. The van der Waals surface area contributed by atoms with Gasteiger partial charge in [0.25, 0.3) is 0 Å². The largest absolute Gasteiger partial charge is 0.239 e. The summed E-state index contributed by atoms with van der Waals surface area (Å²) in [4.78, 5) is -0.0754. The Labute approximate surface area is 130 Å². The average Bonchev–Trinajstić information content (AvgIpc) is 2.39. The summed E-state index contributed by atoms with van der Waals surface area (Å²) in [5.74, 6) is 0. The fourth-order valence-electron chi connectivity index (χ4n) is 1.98. The van der Waals surface area contributed by atoms with E-state index in [1.54, 1.807) is 24.3 Å². The molecule has 0 aliphatic rings. The third-order valence-corrected chi connectivity index (χ3v) is 5.01. The molecule has 0 saturated heterocycles. The Bertz CT molecular complexity index is 871. The van der Waals surface area contributed by atoms with Gasteiger partial charge < -0.3 is 0 Å². The highest BCUT2D eigenvalue weighted by Crippen LogP contribution is 2.29. The standard InChI is InChI=1S/C14H16N2O4S2/c1-11-3-5-12(6-4-11)16(21(2,17)18)13-7-9-14(10-8-13)22(15,19)20/h3-10H,1-2H3,(H2,15,19,20). The summed E-state index contributed by atoms with van der Waals surface area (Å²) in [6.07, 6.45) is 1.08. The minimum absolute atomic E-state index is 0.0754. The molecule has 2 N–H and O–H groups in total. The number of benzene rings is 2. The zero-order valence-electron chi connectivity index (χ0n) is 12.1. The van der Waals surface area contributed by atoms with Crippen LogP contribution in [0.5, 0.6) is 0 Å². The van der Waals surface area contributed by atoms with Crippen LogP contribution in [0.15, 0.2) is 53.4 Å². The number of nitrogens with zero attached hydrogens (tertiary/aromatic N) is 1. The third kappa shape index (κ3) is 3.65. The van der Waals surface area contributed by atoms with Gasteiger partial charge in [0.2, 0.25) is 20.0 Å². The van der Waals surface area contributed by atoms with Gasteiger partial charge in [-0.15, -0.1) is 0 Å². The highest BCUT2D eigenvalue weighted by molar-refractivity contribution is 7.92. The molecule has 0 spiro atoms. The van der Waals surface area contributed by atoms with Crippen molar-refractivity contribution in [3.05, 3.63) is 54.1 Å². The van der Waals surface area contributed by atoms with Crippen LogP contribution >= 0.6 is 0 Å². The van der Waals surface area contributed by atoms with Crippen LogP contribution in [0.2, 0.25) is 0 Å². The van der Waals surface area contributed by atoms with E-state index < -0.39 is 20.0 Å². The third-order valence-electron chi connectivity index (χ3n) is 3.00. The number of hydrogen-bond donors (Lipinski definition) is 1. The van der Waals surface area contributed by atoms with Gasteiger partial charge >= 0.3 is 0 Å². The van der Waals surface area contributed by atoms with E-state index in [1.165, 1.54) is 24.3 Å². The van der Waals surface area contributed by atoms with Gasteiger partial charge in [-0.1, -0.05) is 17.7 Å². The number of aryl methyl sites for hydroxylation is 1. The van der Waals surface area contributed by atoms with Crippen LogP contribution in [-0.2, 0) is 20.0 Å². The summed E-state index contributed by atoms with van der Waals surface area (Å²) < 4.78 is 47.8. The monoisotopic (exact) mass is 340 g/mol. The maximum atomic E-state index is 12.1. The zero-order valence-corrected chi connectivity index (χ0v) is 13.7. The van der Waals surface area contributed by atoms with Crippen molar-refractivity contribution < 1.29 is 16.8 Å². The van der Waals surface area contributed by atoms with E-state index in [0.717, 1.165) is 16.1 Å². The lowest BCUT2D eigenvalue weighted by Crippen LogP contribution is -2.24. The first kappa shape index (κ1) is 16.5. The number of hydrogen-bond acceptors (Lipinski definition) is 4. The normalized spacial score (nSPS) is 12.1. The first-order chi connectivity index (χ1) is 10.1. The molecule has 0 aliphatic carbocycles. The van der Waals surface area contributed by atoms with Crippen LogP contribution in [0.1, 0.15) is 5.56 Å². The molecule has 118 valence electrons. The molecule has 8 heteroatoms. The summed E-state index contributed by atoms with van der Waals surface area (Å²) in [7, 11) is -7.40. The van der Waals surface area contributed by atoms with Crippen molar-refractivity contribution in [2.45, 2.75) is 11.8 Å². The van der Waals surface area contributed by atoms with Crippen molar-refractivity contribution >= 4 is 31.4 Å². The maximum absolute atomic E-state index is 12.1. The first-order valence-corrected chi connectivity index (χ1v) is 9.68. The average molecular weight is 340 g/mol. The van der Waals surface area contributed by atoms with Gasteiger partial charge in [-0.3, -0.25) is 0 Å². The number of primary sulfonamides is 1. The Kier molecular flexibility index (Phi) is 4.28. The number of anilines is 2. The van der Waals surface area contributed by atoms with Gasteiger partial charge in [0, 0.05) is 0 Å². The summed E-state index contributed by atoms with van der Waals surface area (Å²) >= 11 is 0. The van der Waals surface area contributed by atoms with E-state index in [2.05, 4.69) is 0 Å². The molecule has 22 heavy (non-hydrogen) atoms. The fourth-order valence-corrected chi connectivity index (χ4v) is 3.51. The summed E-state index contributed by atoms with van der Waals surface area (Å²) in [6, 6.07) is 12.3. The van der Waals surface area contributed by atoms with E-state index >= 15 is 0 Å². The molecule has 0 aliphatic heterocycles. The molecule has 0 amide bonds. The minimum atomic E-state index is -3.82. The first-order valence-electron chi connectivity index (χ1n) is 6.29. The van der Waals surface area contributed by atoms with E-state index in [-0.39, 0.29) is 4.90 Å². The second-order valence-electron chi connectivity index (χ2n) is 4.90. The second-order valence-corrected chi connectivity index (χ2v) is 8.29. The summed E-state index contributed by atoms with van der Waals surface area (Å²) in [6.45, 7) is 1.90. The van der Waals surface area contributed by atoms with Crippen molar-refractivity contribution in [2.24, 2.45) is 5.14 Å². The maximum Gasteiger partial charge on any atom is 0.238 e. The predicted octanol–water partition coefficient (Wildman–Crippen LogP) is 1.74. The predicted molar refractivity (Wildman–Crippen MR) is 86.0 cm³/mol. The summed E-state index contributed by atoms with van der Waals surface area (Å²) in [5, 5.41) is 5.04. The van der Waals surface area contributed by atoms with Crippen molar-refractivity contribution in [1.82, 2.24) is 0 Å². The summed E-state index contributed by atoms with van der Waals surface area (Å²) in [5.41, 5.74) is 1.80. The zero-order chi connectivity index (χ0) is 16.5. The van der Waals surface area contributed by atoms with Gasteiger partial charge in [0.15, 0.2) is 0 Å². The molecule has 0 saturated carbocycles. The van der Waals surface area contributed by atoms with Crippen molar-refractivity contribution in [3.63, 3.8) is 0 Å². The lowest BCUT2D eigenvalue weighted by molar-refractivity contribution is 0.597. The molecule has 0 heterocycles. The van der Waals surface area contributed by atoms with Crippen molar-refractivity contribution in [1.29, 1.82) is 0 Å². The number of sulfonamides is 2. The van der Waals surface area contributed by atoms with E-state index in [9.17, 15) is 16.8 Å². The Hall–Kier alpha value is -1.90. The molecular formula is C14H16N2O4S2. The van der Waals surface area contributed by atoms with Crippen LogP contribution in [0.4, 0.5) is 11.4 Å². The van der Waals surface area contributed by atoms with Crippen LogP contribution in [0.3, 0.4) is 0 Å². The quantitative estimate of drug-likeness (QED) is 0.916. The van der Waals surface area contributed by atoms with E-state index in [0.29, 0.717) is 11.4 Å². The van der Waals surface area contributed by atoms with Gasteiger partial charge in [-0.2, -0.15) is 0 Å². The highest BCUT2D eigenvalue weighted by Gasteiger charge is 2.20. The van der Waals surface area contributed by atoms with Crippen molar-refractivity contribution in [3.8, 4) is 0 Å². The SMILES string of the molecule is Cc1ccc(N(c2ccc(S(N)(=O)=O)cc2)S(C)(=O)=O)cc1. The molecule has 2 aromatic carbocycles. The van der Waals surface area contributed by atoms with Gasteiger partial charge in [-0.25, -0.2) is 26.3 Å². The van der Waals surface area contributed by atoms with Crippen molar-refractivity contribution in [2.75, 3.05) is 10.6 Å². The fraction of sp³-hybridized carbons (Fsp3) is 0.143. The highest BCUT2D eigenvalue weighted by atomic mass is 32.2. The molecular weight excluding hydrogens is 324 g/mol. The Morgan fingerprint density at radius 1 is 0.818 bits per heavy atom. The number of nitrogens with two attached hydrogens (primary N) is 1. The molecule has 0 fully saturated rings. The molecule has 0 aromatic heterocycles. The Morgan fingerprint density at radius 2 is 1.23 bits per heavy atom. The lowest BCUT2D eigenvalue weighted by atomic mass is 10.2. The number of rotatable bonds is 4. The van der Waals surface area contributed by atoms with Crippen LogP contribution < -0.4 is 9.44 Å².